The SMILES string of the molecule is COC1C(C(=O)O)=C(C)c2ccc(C#N)cc2N1Cc1cccc(F)c1. The van der Waals surface area contributed by atoms with E-state index in [2.05, 4.69) is 6.07 Å². The number of aliphatic carboxylic acids is 1. The minimum absolute atomic E-state index is 0.126. The molecule has 1 heterocycles. The number of carboxylic acids is 1. The van der Waals surface area contributed by atoms with Crippen molar-refractivity contribution >= 4 is 17.2 Å². The van der Waals surface area contributed by atoms with Crippen LogP contribution in [0.5, 0.6) is 0 Å². The molecule has 1 aliphatic heterocycles. The van der Waals surface area contributed by atoms with Crippen molar-refractivity contribution in [3.8, 4) is 6.07 Å². The highest BCUT2D eigenvalue weighted by Gasteiger charge is 2.35. The first-order chi connectivity index (χ1) is 12.5. The van der Waals surface area contributed by atoms with E-state index in [9.17, 15) is 19.6 Å². The molecule has 1 atom stereocenters. The van der Waals surface area contributed by atoms with Crippen LogP contribution in [0.15, 0.2) is 48.0 Å². The van der Waals surface area contributed by atoms with Gasteiger partial charge in [0.25, 0.3) is 0 Å². The van der Waals surface area contributed by atoms with Gasteiger partial charge >= 0.3 is 5.97 Å². The van der Waals surface area contributed by atoms with Gasteiger partial charge in [0.1, 0.15) is 5.82 Å². The maximum Gasteiger partial charge on any atom is 0.336 e. The van der Waals surface area contributed by atoms with E-state index in [1.54, 1.807) is 42.2 Å². The van der Waals surface area contributed by atoms with Gasteiger partial charge < -0.3 is 14.7 Å². The Hall–Kier alpha value is -3.17. The number of ether oxygens (including phenoxy) is 1. The Balaban J connectivity index is 2.18. The van der Waals surface area contributed by atoms with E-state index in [4.69, 9.17) is 4.74 Å². The normalized spacial score (nSPS) is 16.2. The minimum Gasteiger partial charge on any atom is -0.478 e. The Labute approximate surface area is 150 Å². The van der Waals surface area contributed by atoms with Gasteiger partial charge in [-0.2, -0.15) is 5.26 Å². The second-order valence-corrected chi connectivity index (χ2v) is 6.03. The molecular formula is C20H17FN2O3. The second kappa shape index (κ2) is 6.98. The van der Waals surface area contributed by atoms with Crippen molar-refractivity contribution in [1.29, 1.82) is 5.26 Å². The van der Waals surface area contributed by atoms with E-state index in [-0.39, 0.29) is 17.9 Å². The Bertz CT molecular complexity index is 946. The predicted octanol–water partition coefficient (Wildman–Crippen LogP) is 3.55. The Kier molecular flexibility index (Phi) is 4.74. The number of halogens is 1. The lowest BCUT2D eigenvalue weighted by molar-refractivity contribution is -0.134. The highest BCUT2D eigenvalue weighted by molar-refractivity contribution is 6.01. The van der Waals surface area contributed by atoms with Gasteiger partial charge in [0.05, 0.1) is 17.2 Å². The number of methoxy groups -OCH3 is 1. The van der Waals surface area contributed by atoms with Crippen LogP contribution in [0.1, 0.15) is 23.6 Å². The number of hydrogen-bond donors (Lipinski definition) is 1. The maximum absolute atomic E-state index is 13.6. The maximum atomic E-state index is 13.6. The summed E-state index contributed by atoms with van der Waals surface area (Å²) in [6.45, 7) is 1.96. The van der Waals surface area contributed by atoms with E-state index in [0.29, 0.717) is 28.0 Å². The molecule has 0 fully saturated rings. The summed E-state index contributed by atoms with van der Waals surface area (Å²) in [5, 5.41) is 18.9. The molecule has 0 aliphatic carbocycles. The first-order valence-corrected chi connectivity index (χ1v) is 7.98. The number of carbonyl (C=O) groups is 1. The molecule has 0 saturated carbocycles. The van der Waals surface area contributed by atoms with Crippen LogP contribution in [-0.4, -0.2) is 24.4 Å². The quantitative estimate of drug-likeness (QED) is 0.911. The second-order valence-electron chi connectivity index (χ2n) is 6.03. The Morgan fingerprint density at radius 2 is 2.12 bits per heavy atom. The van der Waals surface area contributed by atoms with Crippen LogP contribution >= 0.6 is 0 Å². The lowest BCUT2D eigenvalue weighted by atomic mass is 9.91. The zero-order valence-electron chi connectivity index (χ0n) is 14.4. The standard InChI is InChI=1S/C20H17FN2O3/c1-12-16-7-6-13(10-22)9-17(16)23(19(26-2)18(12)20(24)25)11-14-4-3-5-15(21)8-14/h3-9,19H,11H2,1-2H3,(H,24,25). The number of nitriles is 1. The molecule has 1 N–H and O–H groups in total. The molecule has 6 heteroatoms. The van der Waals surface area contributed by atoms with E-state index < -0.39 is 12.2 Å². The van der Waals surface area contributed by atoms with Gasteiger partial charge in [0.2, 0.25) is 0 Å². The minimum atomic E-state index is -1.08. The van der Waals surface area contributed by atoms with Crippen molar-refractivity contribution < 1.29 is 19.0 Å². The van der Waals surface area contributed by atoms with Crippen LogP contribution in [0.25, 0.3) is 5.57 Å². The lowest BCUT2D eigenvalue weighted by Gasteiger charge is -2.39. The van der Waals surface area contributed by atoms with Gasteiger partial charge in [-0.15, -0.1) is 0 Å². The van der Waals surface area contributed by atoms with Crippen LogP contribution in [0.3, 0.4) is 0 Å². The van der Waals surface area contributed by atoms with Gasteiger partial charge in [-0.3, -0.25) is 0 Å². The molecule has 2 aromatic carbocycles. The number of benzene rings is 2. The van der Waals surface area contributed by atoms with Crippen molar-refractivity contribution in [2.75, 3.05) is 12.0 Å². The van der Waals surface area contributed by atoms with E-state index in [0.717, 1.165) is 0 Å². The van der Waals surface area contributed by atoms with Crippen molar-refractivity contribution in [1.82, 2.24) is 0 Å². The summed E-state index contributed by atoms with van der Waals surface area (Å²) in [6, 6.07) is 13.3. The molecule has 5 nitrogen and oxygen atoms in total. The largest absolute Gasteiger partial charge is 0.478 e. The Morgan fingerprint density at radius 3 is 2.73 bits per heavy atom. The van der Waals surface area contributed by atoms with Gasteiger partial charge in [-0.05, 0) is 42.3 Å². The molecule has 2 aromatic rings. The summed E-state index contributed by atoms with van der Waals surface area (Å²) < 4.78 is 19.1. The molecule has 0 amide bonds. The predicted molar refractivity (Wildman–Crippen MR) is 94.8 cm³/mol. The number of allylic oxidation sites excluding steroid dienone is 1. The van der Waals surface area contributed by atoms with Crippen LogP contribution in [0.2, 0.25) is 0 Å². The van der Waals surface area contributed by atoms with Crippen molar-refractivity contribution in [2.24, 2.45) is 0 Å². The summed E-state index contributed by atoms with van der Waals surface area (Å²) in [4.78, 5) is 13.6. The molecule has 1 unspecified atom stereocenters. The first-order valence-electron chi connectivity index (χ1n) is 7.98. The fourth-order valence-electron chi connectivity index (χ4n) is 3.28. The van der Waals surface area contributed by atoms with Crippen molar-refractivity contribution in [3.05, 3.63) is 70.5 Å². The molecule has 0 bridgehead atoms. The number of nitrogens with zero attached hydrogens (tertiary/aromatic N) is 2. The molecule has 1 aliphatic rings. The highest BCUT2D eigenvalue weighted by Crippen LogP contribution is 2.39. The molecule has 0 spiro atoms. The molecule has 0 radical (unpaired) electrons. The fourth-order valence-corrected chi connectivity index (χ4v) is 3.28. The number of anilines is 1. The third-order valence-electron chi connectivity index (χ3n) is 4.47. The van der Waals surface area contributed by atoms with E-state index in [1.165, 1.54) is 19.2 Å². The first kappa shape index (κ1) is 17.6. The van der Waals surface area contributed by atoms with Gasteiger partial charge in [0.15, 0.2) is 6.23 Å². The Morgan fingerprint density at radius 1 is 1.35 bits per heavy atom. The molecule has 132 valence electrons. The average molecular weight is 352 g/mol. The lowest BCUT2D eigenvalue weighted by Crippen LogP contribution is -2.43. The third-order valence-corrected chi connectivity index (χ3v) is 4.47. The summed E-state index contributed by atoms with van der Waals surface area (Å²) in [6.07, 6.45) is -0.850. The van der Waals surface area contributed by atoms with Crippen molar-refractivity contribution in [3.63, 3.8) is 0 Å². The fraction of sp³-hybridized carbons (Fsp3) is 0.200. The number of fused-ring (bicyclic) bond motifs is 1. The molecule has 26 heavy (non-hydrogen) atoms. The third kappa shape index (κ3) is 3.05. The molecular weight excluding hydrogens is 335 g/mol. The monoisotopic (exact) mass is 352 g/mol. The summed E-state index contributed by atoms with van der Waals surface area (Å²) in [7, 11) is 1.43. The van der Waals surface area contributed by atoms with E-state index in [1.807, 2.05) is 0 Å². The highest BCUT2D eigenvalue weighted by atomic mass is 19.1. The smallest absolute Gasteiger partial charge is 0.336 e. The molecule has 0 saturated heterocycles. The average Bonchev–Trinajstić information content (AvgIpc) is 2.62. The number of rotatable bonds is 4. The van der Waals surface area contributed by atoms with Gasteiger partial charge in [-0.1, -0.05) is 18.2 Å². The summed E-state index contributed by atoms with van der Waals surface area (Å²) in [5.74, 6) is -1.45. The van der Waals surface area contributed by atoms with Gasteiger partial charge in [-0.25, -0.2) is 9.18 Å². The summed E-state index contributed by atoms with van der Waals surface area (Å²) in [5.41, 5.74) is 3.23. The zero-order valence-corrected chi connectivity index (χ0v) is 14.4. The topological polar surface area (TPSA) is 73.6 Å². The molecule has 3 rings (SSSR count). The van der Waals surface area contributed by atoms with Crippen LogP contribution < -0.4 is 4.90 Å². The number of carboxylic acid groups (broad SMARTS) is 1. The van der Waals surface area contributed by atoms with Crippen LogP contribution in [0.4, 0.5) is 10.1 Å². The van der Waals surface area contributed by atoms with Gasteiger partial charge in [0, 0.05) is 24.9 Å². The van der Waals surface area contributed by atoms with Crippen LogP contribution in [0, 0.1) is 17.1 Å². The summed E-state index contributed by atoms with van der Waals surface area (Å²) >= 11 is 0. The van der Waals surface area contributed by atoms with E-state index >= 15 is 0 Å². The van der Waals surface area contributed by atoms with Crippen LogP contribution in [-0.2, 0) is 16.1 Å². The molecule has 0 aromatic heterocycles. The zero-order chi connectivity index (χ0) is 18.8. The van der Waals surface area contributed by atoms with Crippen molar-refractivity contribution in [2.45, 2.75) is 19.7 Å². The number of hydrogen-bond acceptors (Lipinski definition) is 4.